The van der Waals surface area contributed by atoms with E-state index in [9.17, 15) is 5.26 Å². The summed E-state index contributed by atoms with van der Waals surface area (Å²) in [5.41, 5.74) is 7.49. The van der Waals surface area contributed by atoms with Crippen molar-refractivity contribution in [3.63, 3.8) is 0 Å². The largest absolute Gasteiger partial charge is 0.399 e. The number of nitrogens with zero attached hydrogens (tertiary/aromatic N) is 1. The van der Waals surface area contributed by atoms with Crippen LogP contribution in [0.25, 0.3) is 0 Å². The molecular formula is C13H18N2. The predicted molar refractivity (Wildman–Crippen MR) is 63.3 cm³/mol. The van der Waals surface area contributed by atoms with Crippen molar-refractivity contribution in [2.24, 2.45) is 5.92 Å². The van der Waals surface area contributed by atoms with Gasteiger partial charge in [-0.1, -0.05) is 32.4 Å². The predicted octanol–water partition coefficient (Wildman–Crippen LogP) is 3.31. The van der Waals surface area contributed by atoms with E-state index in [1.807, 2.05) is 24.3 Å². The molecule has 0 spiro atoms. The number of benzene rings is 1. The van der Waals surface area contributed by atoms with Gasteiger partial charge in [-0.05, 0) is 30.0 Å². The highest BCUT2D eigenvalue weighted by molar-refractivity contribution is 5.43. The third-order valence-electron chi connectivity index (χ3n) is 2.72. The van der Waals surface area contributed by atoms with E-state index in [4.69, 9.17) is 5.73 Å². The molecular weight excluding hydrogens is 184 g/mol. The zero-order chi connectivity index (χ0) is 11.3. The summed E-state index contributed by atoms with van der Waals surface area (Å²) in [6.07, 6.45) is 2.19. The van der Waals surface area contributed by atoms with Crippen LogP contribution in [0.5, 0.6) is 0 Å². The van der Waals surface area contributed by atoms with E-state index in [0.717, 1.165) is 24.1 Å². The third kappa shape index (κ3) is 2.99. The summed E-state index contributed by atoms with van der Waals surface area (Å²) < 4.78 is 0. The Labute approximate surface area is 91.7 Å². The van der Waals surface area contributed by atoms with Crippen LogP contribution in [-0.4, -0.2) is 0 Å². The van der Waals surface area contributed by atoms with Crippen LogP contribution in [0.3, 0.4) is 0 Å². The van der Waals surface area contributed by atoms with Gasteiger partial charge in [-0.25, -0.2) is 0 Å². The van der Waals surface area contributed by atoms with E-state index in [0.29, 0.717) is 5.92 Å². The summed E-state index contributed by atoms with van der Waals surface area (Å²) in [5, 5.41) is 9.18. The average Bonchev–Trinajstić information content (AvgIpc) is 2.19. The zero-order valence-electron chi connectivity index (χ0n) is 9.40. The molecule has 0 fully saturated rings. The van der Waals surface area contributed by atoms with Gasteiger partial charge in [-0.2, -0.15) is 5.26 Å². The van der Waals surface area contributed by atoms with Gasteiger partial charge >= 0.3 is 0 Å². The standard InChI is InChI=1S/C13H18N2/c1-3-5-10(2)13(9-14)11-6-4-7-12(15)8-11/h4,6-8,10,13H,3,5,15H2,1-2H3. The summed E-state index contributed by atoms with van der Waals surface area (Å²) in [7, 11) is 0. The van der Waals surface area contributed by atoms with Crippen molar-refractivity contribution in [2.45, 2.75) is 32.6 Å². The molecule has 0 saturated heterocycles. The molecule has 2 heteroatoms. The van der Waals surface area contributed by atoms with Gasteiger partial charge in [0.25, 0.3) is 0 Å². The minimum atomic E-state index is -0.0338. The average molecular weight is 202 g/mol. The Morgan fingerprint density at radius 1 is 1.47 bits per heavy atom. The Bertz CT molecular complexity index is 352. The third-order valence-corrected chi connectivity index (χ3v) is 2.72. The van der Waals surface area contributed by atoms with E-state index in [1.54, 1.807) is 0 Å². The maximum Gasteiger partial charge on any atom is 0.0739 e. The lowest BCUT2D eigenvalue weighted by atomic mass is 9.85. The molecule has 0 aliphatic carbocycles. The van der Waals surface area contributed by atoms with Crippen molar-refractivity contribution in [1.29, 1.82) is 5.26 Å². The Hall–Kier alpha value is -1.49. The second-order valence-corrected chi connectivity index (χ2v) is 4.04. The van der Waals surface area contributed by atoms with Crippen LogP contribution < -0.4 is 5.73 Å². The van der Waals surface area contributed by atoms with Gasteiger partial charge in [0.05, 0.1) is 12.0 Å². The van der Waals surface area contributed by atoms with E-state index < -0.39 is 0 Å². The lowest BCUT2D eigenvalue weighted by Crippen LogP contribution is -2.08. The fourth-order valence-corrected chi connectivity index (χ4v) is 1.90. The molecule has 0 radical (unpaired) electrons. The number of hydrogen-bond acceptors (Lipinski definition) is 2. The van der Waals surface area contributed by atoms with E-state index in [2.05, 4.69) is 19.9 Å². The number of nitrogens with two attached hydrogens (primary N) is 1. The van der Waals surface area contributed by atoms with Gasteiger partial charge in [-0.3, -0.25) is 0 Å². The van der Waals surface area contributed by atoms with Crippen molar-refractivity contribution in [3.8, 4) is 6.07 Å². The van der Waals surface area contributed by atoms with E-state index >= 15 is 0 Å². The zero-order valence-corrected chi connectivity index (χ0v) is 9.40. The van der Waals surface area contributed by atoms with Crippen molar-refractivity contribution in [3.05, 3.63) is 29.8 Å². The lowest BCUT2D eigenvalue weighted by molar-refractivity contribution is 0.484. The van der Waals surface area contributed by atoms with Crippen LogP contribution in [0, 0.1) is 17.2 Å². The quantitative estimate of drug-likeness (QED) is 0.761. The second kappa shape index (κ2) is 5.41. The number of anilines is 1. The molecule has 2 N–H and O–H groups in total. The number of rotatable bonds is 4. The molecule has 0 amide bonds. The molecule has 1 rings (SSSR count). The van der Waals surface area contributed by atoms with Gasteiger partial charge in [-0.15, -0.1) is 0 Å². The molecule has 1 aromatic carbocycles. The minimum absolute atomic E-state index is 0.0338. The molecule has 2 atom stereocenters. The summed E-state index contributed by atoms with van der Waals surface area (Å²) in [5.74, 6) is 0.357. The molecule has 0 aromatic heterocycles. The first-order chi connectivity index (χ1) is 7.19. The van der Waals surface area contributed by atoms with Crippen molar-refractivity contribution >= 4 is 5.69 Å². The minimum Gasteiger partial charge on any atom is -0.399 e. The van der Waals surface area contributed by atoms with Crippen LogP contribution in [0.4, 0.5) is 5.69 Å². The van der Waals surface area contributed by atoms with Crippen molar-refractivity contribution in [1.82, 2.24) is 0 Å². The molecule has 0 aliphatic rings. The Morgan fingerprint density at radius 2 is 2.20 bits per heavy atom. The number of nitriles is 1. The Kier molecular flexibility index (Phi) is 4.17. The van der Waals surface area contributed by atoms with Crippen LogP contribution in [0.15, 0.2) is 24.3 Å². The van der Waals surface area contributed by atoms with Crippen LogP contribution >= 0.6 is 0 Å². The van der Waals surface area contributed by atoms with E-state index in [1.165, 1.54) is 0 Å². The monoisotopic (exact) mass is 202 g/mol. The highest BCUT2D eigenvalue weighted by Crippen LogP contribution is 2.28. The molecule has 0 saturated carbocycles. The van der Waals surface area contributed by atoms with Crippen LogP contribution in [0.1, 0.15) is 38.2 Å². The SMILES string of the molecule is CCCC(C)C(C#N)c1cccc(N)c1. The maximum absolute atomic E-state index is 9.18. The Balaban J connectivity index is 2.88. The van der Waals surface area contributed by atoms with Gasteiger partial charge in [0.1, 0.15) is 0 Å². The molecule has 2 nitrogen and oxygen atoms in total. The molecule has 80 valence electrons. The first kappa shape index (κ1) is 11.6. The smallest absolute Gasteiger partial charge is 0.0739 e. The molecule has 15 heavy (non-hydrogen) atoms. The molecule has 1 aromatic rings. The number of hydrogen-bond donors (Lipinski definition) is 1. The second-order valence-electron chi connectivity index (χ2n) is 4.04. The molecule has 0 heterocycles. The van der Waals surface area contributed by atoms with E-state index in [-0.39, 0.29) is 5.92 Å². The van der Waals surface area contributed by atoms with Gasteiger partial charge in [0.15, 0.2) is 0 Å². The van der Waals surface area contributed by atoms with Gasteiger partial charge in [0.2, 0.25) is 0 Å². The van der Waals surface area contributed by atoms with Gasteiger partial charge < -0.3 is 5.73 Å². The molecule has 0 bridgehead atoms. The van der Waals surface area contributed by atoms with Crippen molar-refractivity contribution in [2.75, 3.05) is 5.73 Å². The summed E-state index contributed by atoms with van der Waals surface area (Å²) in [4.78, 5) is 0. The molecule has 0 aliphatic heterocycles. The normalized spacial score (nSPS) is 14.2. The fourth-order valence-electron chi connectivity index (χ4n) is 1.90. The van der Waals surface area contributed by atoms with Gasteiger partial charge in [0, 0.05) is 5.69 Å². The Morgan fingerprint density at radius 3 is 2.73 bits per heavy atom. The lowest BCUT2D eigenvalue weighted by Gasteiger charge is -2.17. The van der Waals surface area contributed by atoms with Crippen LogP contribution in [-0.2, 0) is 0 Å². The fraction of sp³-hybridized carbons (Fsp3) is 0.462. The highest BCUT2D eigenvalue weighted by Gasteiger charge is 2.17. The first-order valence-electron chi connectivity index (χ1n) is 5.44. The first-order valence-corrected chi connectivity index (χ1v) is 5.44. The number of nitrogen functional groups attached to an aromatic ring is 1. The maximum atomic E-state index is 9.18. The summed E-state index contributed by atoms with van der Waals surface area (Å²) in [6.45, 7) is 4.27. The molecule has 2 unspecified atom stereocenters. The van der Waals surface area contributed by atoms with Crippen molar-refractivity contribution < 1.29 is 0 Å². The van der Waals surface area contributed by atoms with Crippen LogP contribution in [0.2, 0.25) is 0 Å². The summed E-state index contributed by atoms with van der Waals surface area (Å²) in [6, 6.07) is 10.0. The summed E-state index contributed by atoms with van der Waals surface area (Å²) >= 11 is 0. The highest BCUT2D eigenvalue weighted by atomic mass is 14.5. The topological polar surface area (TPSA) is 49.8 Å².